The van der Waals surface area contributed by atoms with E-state index in [9.17, 15) is 5.11 Å². The van der Waals surface area contributed by atoms with Gasteiger partial charge >= 0.3 is 0 Å². The molecule has 1 heterocycles. The number of halogens is 3. The molecule has 0 amide bonds. The minimum absolute atomic E-state index is 0.177. The first-order valence-electron chi connectivity index (χ1n) is 3.73. The second-order valence-corrected chi connectivity index (χ2v) is 5.04. The van der Waals surface area contributed by atoms with Gasteiger partial charge in [-0.25, -0.2) is 4.98 Å². The zero-order valence-corrected chi connectivity index (χ0v) is 11.5. The molecule has 5 heteroatoms. The van der Waals surface area contributed by atoms with E-state index in [1.807, 2.05) is 6.07 Å². The number of para-hydroxylation sites is 1. The van der Waals surface area contributed by atoms with Gasteiger partial charge in [0.1, 0.15) is 15.9 Å². The van der Waals surface area contributed by atoms with Gasteiger partial charge in [0.15, 0.2) is 0 Å². The minimum atomic E-state index is 0.177. The normalized spacial score (nSPS) is 10.8. The Balaban J connectivity index is 2.98. The molecule has 0 saturated carbocycles. The van der Waals surface area contributed by atoms with Crippen LogP contribution < -0.4 is 0 Å². The number of aromatic hydroxyl groups is 1. The number of phenolic OH excluding ortho intramolecular Hbond substituents is 1. The number of hydrogen-bond acceptors (Lipinski definition) is 2. The third kappa shape index (κ3) is 1.57. The van der Waals surface area contributed by atoms with Gasteiger partial charge < -0.3 is 5.11 Å². The summed E-state index contributed by atoms with van der Waals surface area (Å²) < 4.78 is 2.39. The van der Waals surface area contributed by atoms with Crippen LogP contribution in [0.25, 0.3) is 10.9 Å². The monoisotopic (exact) mass is 379 g/mol. The second kappa shape index (κ2) is 3.79. The van der Waals surface area contributed by atoms with Gasteiger partial charge in [-0.1, -0.05) is 12.1 Å². The lowest BCUT2D eigenvalue weighted by molar-refractivity contribution is 0.480. The summed E-state index contributed by atoms with van der Waals surface area (Å²) in [6, 6.07) is 5.29. The predicted octanol–water partition coefficient (Wildman–Crippen LogP) is 4.23. The molecule has 0 fully saturated rings. The summed E-state index contributed by atoms with van der Waals surface area (Å²) in [6.07, 6.45) is 0. The Labute approximate surface area is 106 Å². The molecule has 2 nitrogen and oxygen atoms in total. The molecule has 0 spiro atoms. The molecule has 0 aliphatic carbocycles. The molecule has 0 aliphatic rings. The van der Waals surface area contributed by atoms with Crippen molar-refractivity contribution in [2.75, 3.05) is 0 Å². The highest BCUT2D eigenvalue weighted by atomic mass is 79.9. The maximum Gasteiger partial charge on any atom is 0.141 e. The van der Waals surface area contributed by atoms with E-state index in [2.05, 4.69) is 52.8 Å². The van der Waals surface area contributed by atoms with E-state index in [-0.39, 0.29) is 5.75 Å². The van der Waals surface area contributed by atoms with E-state index in [0.29, 0.717) is 10.1 Å². The van der Waals surface area contributed by atoms with Gasteiger partial charge in [0.05, 0.1) is 4.47 Å². The number of rotatable bonds is 0. The molecule has 72 valence electrons. The maximum atomic E-state index is 9.59. The Morgan fingerprint density at radius 1 is 1.07 bits per heavy atom. The van der Waals surface area contributed by atoms with Gasteiger partial charge in [0.2, 0.25) is 0 Å². The van der Waals surface area contributed by atoms with Crippen LogP contribution in [0.1, 0.15) is 0 Å². The molecule has 2 aromatic rings. The van der Waals surface area contributed by atoms with Crippen LogP contribution in [0.3, 0.4) is 0 Å². The lowest BCUT2D eigenvalue weighted by Crippen LogP contribution is -1.85. The molecule has 1 aromatic heterocycles. The third-order valence-electron chi connectivity index (χ3n) is 1.83. The van der Waals surface area contributed by atoms with Crippen LogP contribution in [0.5, 0.6) is 5.75 Å². The number of benzene rings is 1. The molecule has 0 radical (unpaired) electrons. The fourth-order valence-electron chi connectivity index (χ4n) is 1.18. The average molecular weight is 382 g/mol. The van der Waals surface area contributed by atoms with E-state index in [0.717, 1.165) is 14.3 Å². The molecular weight excluding hydrogens is 378 g/mol. The number of fused-ring (bicyclic) bond motifs is 1. The zero-order valence-electron chi connectivity index (χ0n) is 6.76. The maximum absolute atomic E-state index is 9.59. The van der Waals surface area contributed by atoms with Gasteiger partial charge in [-0.3, -0.25) is 0 Å². The fraction of sp³-hybridized carbons (Fsp3) is 0. The molecule has 0 atom stereocenters. The molecule has 14 heavy (non-hydrogen) atoms. The Bertz CT molecular complexity index is 513. The molecule has 0 bridgehead atoms. The number of pyridine rings is 1. The first kappa shape index (κ1) is 10.4. The topological polar surface area (TPSA) is 33.1 Å². The van der Waals surface area contributed by atoms with Crippen LogP contribution in [-0.4, -0.2) is 10.1 Å². The summed E-state index contributed by atoms with van der Waals surface area (Å²) in [4.78, 5) is 4.23. The largest absolute Gasteiger partial charge is 0.506 e. The molecule has 1 N–H and O–H groups in total. The van der Waals surface area contributed by atoms with Crippen LogP contribution in [0.15, 0.2) is 31.7 Å². The first-order chi connectivity index (χ1) is 6.61. The molecular formula is C9H4Br3NO. The molecule has 0 aliphatic heterocycles. The van der Waals surface area contributed by atoms with E-state index in [1.54, 1.807) is 12.1 Å². The van der Waals surface area contributed by atoms with Crippen molar-refractivity contribution >= 4 is 58.7 Å². The van der Waals surface area contributed by atoms with E-state index < -0.39 is 0 Å². The smallest absolute Gasteiger partial charge is 0.141 e. The number of aromatic nitrogens is 1. The third-order valence-corrected chi connectivity index (χ3v) is 5.07. The summed E-state index contributed by atoms with van der Waals surface area (Å²) >= 11 is 10.1. The van der Waals surface area contributed by atoms with Crippen molar-refractivity contribution < 1.29 is 5.11 Å². The lowest BCUT2D eigenvalue weighted by Gasteiger charge is -2.05. The predicted molar refractivity (Wildman–Crippen MR) is 66.5 cm³/mol. The minimum Gasteiger partial charge on any atom is -0.506 e. The van der Waals surface area contributed by atoms with Crippen molar-refractivity contribution in [3.8, 4) is 5.75 Å². The van der Waals surface area contributed by atoms with Gasteiger partial charge in [-0.2, -0.15) is 0 Å². The molecule has 0 unspecified atom stereocenters. The van der Waals surface area contributed by atoms with Crippen LogP contribution in [-0.2, 0) is 0 Å². The van der Waals surface area contributed by atoms with Crippen molar-refractivity contribution in [1.29, 1.82) is 0 Å². The summed E-state index contributed by atoms with van der Waals surface area (Å²) in [5.74, 6) is 0.177. The molecule has 2 rings (SSSR count). The van der Waals surface area contributed by atoms with Crippen molar-refractivity contribution in [3.63, 3.8) is 0 Å². The Hall–Kier alpha value is -0.130. The summed E-state index contributed by atoms with van der Waals surface area (Å²) in [6.45, 7) is 0. The quantitative estimate of drug-likeness (QED) is 0.693. The van der Waals surface area contributed by atoms with Crippen molar-refractivity contribution in [2.45, 2.75) is 0 Å². The van der Waals surface area contributed by atoms with Crippen LogP contribution in [0.2, 0.25) is 0 Å². The van der Waals surface area contributed by atoms with E-state index >= 15 is 0 Å². The van der Waals surface area contributed by atoms with Crippen molar-refractivity contribution in [3.05, 3.63) is 31.7 Å². The molecule has 0 saturated heterocycles. The zero-order chi connectivity index (χ0) is 10.3. The van der Waals surface area contributed by atoms with E-state index in [1.165, 1.54) is 0 Å². The summed E-state index contributed by atoms with van der Waals surface area (Å²) in [7, 11) is 0. The lowest BCUT2D eigenvalue weighted by atomic mass is 10.2. The number of hydrogen-bond donors (Lipinski definition) is 1. The highest BCUT2D eigenvalue weighted by molar-refractivity contribution is 9.14. The highest BCUT2D eigenvalue weighted by Gasteiger charge is 2.10. The SMILES string of the molecule is Oc1cccc2c(Br)c(Br)c(Br)nc12. The van der Waals surface area contributed by atoms with Gasteiger partial charge in [-0.05, 0) is 53.9 Å². The average Bonchev–Trinajstić information content (AvgIpc) is 2.17. The fourth-order valence-corrected chi connectivity index (χ4v) is 2.63. The molecule has 1 aromatic carbocycles. The highest BCUT2D eigenvalue weighted by Crippen LogP contribution is 2.37. The summed E-state index contributed by atoms with van der Waals surface area (Å²) in [5.41, 5.74) is 0.578. The first-order valence-corrected chi connectivity index (χ1v) is 6.11. The van der Waals surface area contributed by atoms with Crippen LogP contribution in [0, 0.1) is 0 Å². The van der Waals surface area contributed by atoms with Crippen molar-refractivity contribution in [1.82, 2.24) is 4.98 Å². The summed E-state index contributed by atoms with van der Waals surface area (Å²) in [5, 5.41) is 10.5. The number of phenols is 1. The Morgan fingerprint density at radius 2 is 1.79 bits per heavy atom. The standard InChI is InChI=1S/C9H4Br3NO/c10-6-4-2-1-3-5(14)8(4)13-9(12)7(6)11/h1-3,14H. The van der Waals surface area contributed by atoms with Gasteiger partial charge in [0.25, 0.3) is 0 Å². The number of nitrogens with zero attached hydrogens (tertiary/aromatic N) is 1. The Kier molecular flexibility index (Phi) is 2.81. The van der Waals surface area contributed by atoms with Crippen LogP contribution >= 0.6 is 47.8 Å². The van der Waals surface area contributed by atoms with Crippen molar-refractivity contribution in [2.24, 2.45) is 0 Å². The Morgan fingerprint density at radius 3 is 2.50 bits per heavy atom. The van der Waals surface area contributed by atoms with Crippen LogP contribution in [0.4, 0.5) is 0 Å². The van der Waals surface area contributed by atoms with E-state index in [4.69, 9.17) is 0 Å². The second-order valence-electron chi connectivity index (χ2n) is 2.70. The van der Waals surface area contributed by atoms with Gasteiger partial charge in [0, 0.05) is 9.86 Å². The van der Waals surface area contributed by atoms with Gasteiger partial charge in [-0.15, -0.1) is 0 Å².